The third-order valence-corrected chi connectivity index (χ3v) is 4.15. The van der Waals surface area contributed by atoms with E-state index >= 15 is 0 Å². The minimum Gasteiger partial charge on any atom is -0.481 e. The minimum atomic E-state index is -2.89. The molecular formula is C16H21ClF2N2O4. The van der Waals surface area contributed by atoms with E-state index in [0.717, 1.165) is 0 Å². The predicted octanol–water partition coefficient (Wildman–Crippen LogP) is 2.83. The van der Waals surface area contributed by atoms with Crippen molar-refractivity contribution >= 4 is 30.0 Å². The number of aliphatic carboxylic acids is 1. The van der Waals surface area contributed by atoms with Crippen molar-refractivity contribution in [2.75, 3.05) is 18.4 Å². The van der Waals surface area contributed by atoms with Crippen molar-refractivity contribution in [3.05, 3.63) is 24.3 Å². The highest BCUT2D eigenvalue weighted by atomic mass is 35.5. The third kappa shape index (κ3) is 6.13. The molecule has 2 rings (SSSR count). The number of halogens is 3. The first kappa shape index (κ1) is 21.1. The molecule has 1 aliphatic heterocycles. The number of hydrogen-bond donors (Lipinski definition) is 2. The molecule has 0 spiro atoms. The Balaban J connectivity index is 0.00000312. The molecule has 0 aliphatic carbocycles. The van der Waals surface area contributed by atoms with Gasteiger partial charge in [-0.05, 0) is 57.1 Å². The molecule has 0 saturated carbocycles. The number of alkyl halides is 2. The second-order valence-electron chi connectivity index (χ2n) is 5.72. The van der Waals surface area contributed by atoms with Crippen LogP contribution in [0.2, 0.25) is 0 Å². The van der Waals surface area contributed by atoms with Crippen molar-refractivity contribution in [3.8, 4) is 5.75 Å². The molecule has 1 fully saturated rings. The van der Waals surface area contributed by atoms with Gasteiger partial charge in [0.2, 0.25) is 5.91 Å². The van der Waals surface area contributed by atoms with Gasteiger partial charge in [-0.1, -0.05) is 0 Å². The third-order valence-electron chi connectivity index (χ3n) is 4.15. The van der Waals surface area contributed by atoms with Crippen LogP contribution in [0.15, 0.2) is 24.3 Å². The molecule has 1 heterocycles. The maximum atomic E-state index is 12.3. The standard InChI is InChI=1S/C16H20F2N2O4.ClH/c1-10(20-8-6-11(7-9-20)15(22)23)14(21)19-12-2-4-13(5-3-12)24-16(17)18;/h2-5,10-11,16H,6-9H2,1H3,(H,19,21)(H,22,23);1H. The van der Waals surface area contributed by atoms with Gasteiger partial charge in [0.15, 0.2) is 0 Å². The van der Waals surface area contributed by atoms with E-state index in [1.165, 1.54) is 24.3 Å². The number of nitrogens with one attached hydrogen (secondary N) is 1. The van der Waals surface area contributed by atoms with E-state index in [2.05, 4.69) is 10.1 Å². The Bertz CT molecular complexity index is 578. The minimum absolute atomic E-state index is 0. The van der Waals surface area contributed by atoms with Gasteiger partial charge in [-0.15, -0.1) is 12.4 Å². The Kier molecular flexibility index (Phi) is 8.05. The molecule has 6 nitrogen and oxygen atoms in total. The van der Waals surface area contributed by atoms with E-state index in [0.29, 0.717) is 31.6 Å². The van der Waals surface area contributed by atoms with Gasteiger partial charge in [0.05, 0.1) is 12.0 Å². The number of carbonyl (C=O) groups is 2. The van der Waals surface area contributed by atoms with E-state index in [1.54, 1.807) is 6.92 Å². The highest BCUT2D eigenvalue weighted by Crippen LogP contribution is 2.21. The maximum absolute atomic E-state index is 12.3. The number of benzene rings is 1. The van der Waals surface area contributed by atoms with Crippen LogP contribution in [0, 0.1) is 5.92 Å². The second kappa shape index (κ2) is 9.53. The highest BCUT2D eigenvalue weighted by molar-refractivity contribution is 5.94. The number of hydrogen-bond acceptors (Lipinski definition) is 4. The zero-order chi connectivity index (χ0) is 17.7. The number of anilines is 1. The summed E-state index contributed by atoms with van der Waals surface area (Å²) in [7, 11) is 0. The molecule has 1 aromatic carbocycles. The number of piperidine rings is 1. The van der Waals surface area contributed by atoms with Gasteiger partial charge in [0.25, 0.3) is 0 Å². The Morgan fingerprint density at radius 1 is 1.24 bits per heavy atom. The van der Waals surface area contributed by atoms with Crippen molar-refractivity contribution in [3.63, 3.8) is 0 Å². The molecule has 2 N–H and O–H groups in total. The number of rotatable bonds is 6. The van der Waals surface area contributed by atoms with Gasteiger partial charge in [-0.25, -0.2) is 0 Å². The zero-order valence-corrected chi connectivity index (χ0v) is 14.5. The fourth-order valence-corrected chi connectivity index (χ4v) is 2.67. The lowest BCUT2D eigenvalue weighted by molar-refractivity contribution is -0.143. The molecule has 1 amide bonds. The summed E-state index contributed by atoms with van der Waals surface area (Å²) in [6.07, 6.45) is 1.04. The Morgan fingerprint density at radius 3 is 2.28 bits per heavy atom. The summed E-state index contributed by atoms with van der Waals surface area (Å²) in [6.45, 7) is -0.0383. The molecular weight excluding hydrogens is 358 g/mol. The lowest BCUT2D eigenvalue weighted by Gasteiger charge is -2.33. The number of carboxylic acids is 1. The number of carboxylic acid groups (broad SMARTS) is 1. The molecule has 0 aromatic heterocycles. The summed E-state index contributed by atoms with van der Waals surface area (Å²) in [5, 5.41) is 11.7. The van der Waals surface area contributed by atoms with Gasteiger partial charge < -0.3 is 15.2 Å². The first-order valence-electron chi connectivity index (χ1n) is 7.69. The number of nitrogens with zero attached hydrogens (tertiary/aromatic N) is 1. The topological polar surface area (TPSA) is 78.9 Å². The van der Waals surface area contributed by atoms with E-state index in [4.69, 9.17) is 5.11 Å². The fourth-order valence-electron chi connectivity index (χ4n) is 2.67. The molecule has 140 valence electrons. The van der Waals surface area contributed by atoms with Gasteiger partial charge >= 0.3 is 12.6 Å². The predicted molar refractivity (Wildman–Crippen MR) is 90.3 cm³/mol. The van der Waals surface area contributed by atoms with Crippen molar-refractivity contribution in [1.82, 2.24) is 4.90 Å². The van der Waals surface area contributed by atoms with E-state index < -0.39 is 18.6 Å². The molecule has 1 unspecified atom stereocenters. The van der Waals surface area contributed by atoms with E-state index in [1.807, 2.05) is 4.90 Å². The zero-order valence-electron chi connectivity index (χ0n) is 13.7. The fraction of sp³-hybridized carbons (Fsp3) is 0.500. The first-order chi connectivity index (χ1) is 11.4. The van der Waals surface area contributed by atoms with Crippen molar-refractivity contribution in [1.29, 1.82) is 0 Å². The Hall–Kier alpha value is -1.93. The van der Waals surface area contributed by atoms with Crippen LogP contribution in [-0.4, -0.2) is 47.6 Å². The van der Waals surface area contributed by atoms with Crippen LogP contribution in [0.1, 0.15) is 19.8 Å². The number of likely N-dealkylation sites (tertiary alicyclic amines) is 1. The monoisotopic (exact) mass is 378 g/mol. The summed E-state index contributed by atoms with van der Waals surface area (Å²) >= 11 is 0. The van der Waals surface area contributed by atoms with Crippen LogP contribution < -0.4 is 10.1 Å². The van der Waals surface area contributed by atoms with Crippen LogP contribution >= 0.6 is 12.4 Å². The molecule has 9 heteroatoms. The second-order valence-corrected chi connectivity index (χ2v) is 5.72. The van der Waals surface area contributed by atoms with Crippen LogP contribution in [0.5, 0.6) is 5.75 Å². The van der Waals surface area contributed by atoms with Crippen LogP contribution in [-0.2, 0) is 9.59 Å². The first-order valence-corrected chi connectivity index (χ1v) is 7.69. The average Bonchev–Trinajstić information content (AvgIpc) is 2.55. The Morgan fingerprint density at radius 2 is 1.80 bits per heavy atom. The molecule has 1 saturated heterocycles. The molecule has 0 bridgehead atoms. The molecule has 1 aromatic rings. The summed E-state index contributed by atoms with van der Waals surface area (Å²) in [6, 6.07) is 5.27. The Labute approximate surface area is 150 Å². The van der Waals surface area contributed by atoms with Crippen LogP contribution in [0.25, 0.3) is 0 Å². The lowest BCUT2D eigenvalue weighted by Crippen LogP contribution is -2.46. The summed E-state index contributed by atoms with van der Waals surface area (Å²) in [5.41, 5.74) is 0.480. The smallest absolute Gasteiger partial charge is 0.387 e. The molecule has 1 atom stereocenters. The lowest BCUT2D eigenvalue weighted by atomic mass is 9.96. The SMILES string of the molecule is CC(C(=O)Nc1ccc(OC(F)F)cc1)N1CCC(C(=O)O)CC1.Cl. The van der Waals surface area contributed by atoms with Gasteiger partial charge in [0.1, 0.15) is 5.75 Å². The summed E-state index contributed by atoms with van der Waals surface area (Å²) in [5.74, 6) is -1.35. The van der Waals surface area contributed by atoms with Gasteiger partial charge in [-0.2, -0.15) is 8.78 Å². The number of amides is 1. The highest BCUT2D eigenvalue weighted by Gasteiger charge is 2.29. The van der Waals surface area contributed by atoms with Gasteiger partial charge in [0, 0.05) is 5.69 Å². The number of ether oxygens (including phenoxy) is 1. The van der Waals surface area contributed by atoms with E-state index in [-0.39, 0.29) is 30.0 Å². The van der Waals surface area contributed by atoms with Crippen molar-refractivity contribution in [2.24, 2.45) is 5.92 Å². The normalized spacial score (nSPS) is 16.8. The van der Waals surface area contributed by atoms with Crippen molar-refractivity contribution < 1.29 is 28.2 Å². The van der Waals surface area contributed by atoms with E-state index in [9.17, 15) is 18.4 Å². The summed E-state index contributed by atoms with van der Waals surface area (Å²) < 4.78 is 28.4. The largest absolute Gasteiger partial charge is 0.481 e. The molecule has 25 heavy (non-hydrogen) atoms. The number of carbonyl (C=O) groups excluding carboxylic acids is 1. The maximum Gasteiger partial charge on any atom is 0.387 e. The quantitative estimate of drug-likeness (QED) is 0.795. The molecule has 1 aliphatic rings. The van der Waals surface area contributed by atoms with Crippen LogP contribution in [0.3, 0.4) is 0 Å². The van der Waals surface area contributed by atoms with Crippen molar-refractivity contribution in [2.45, 2.75) is 32.4 Å². The average molecular weight is 379 g/mol. The molecule has 0 radical (unpaired) electrons. The van der Waals surface area contributed by atoms with Gasteiger partial charge in [-0.3, -0.25) is 14.5 Å². The summed E-state index contributed by atoms with van der Waals surface area (Å²) in [4.78, 5) is 25.1. The van der Waals surface area contributed by atoms with Crippen LogP contribution in [0.4, 0.5) is 14.5 Å².